The molecule has 8 aromatic carbocycles. The third-order valence-electron chi connectivity index (χ3n) is 9.53. The molecule has 0 radical (unpaired) electrons. The van der Waals surface area contributed by atoms with E-state index < -0.39 is 0 Å². The highest BCUT2D eigenvalue weighted by Crippen LogP contribution is 2.39. The lowest BCUT2D eigenvalue weighted by molar-refractivity contribution is 0.669. The minimum atomic E-state index is 0.604. The lowest BCUT2D eigenvalue weighted by Gasteiger charge is -2.13. The van der Waals surface area contributed by atoms with Gasteiger partial charge in [-0.2, -0.15) is 0 Å². The third kappa shape index (κ3) is 4.49. The van der Waals surface area contributed by atoms with Gasteiger partial charge in [-0.1, -0.05) is 146 Å². The highest BCUT2D eigenvalue weighted by molar-refractivity contribution is 6.25. The van der Waals surface area contributed by atoms with E-state index in [0.29, 0.717) is 17.5 Å². The van der Waals surface area contributed by atoms with E-state index >= 15 is 0 Å². The van der Waals surface area contributed by atoms with Gasteiger partial charge in [0.1, 0.15) is 11.2 Å². The Morgan fingerprint density at radius 3 is 1.51 bits per heavy atom. The summed E-state index contributed by atoms with van der Waals surface area (Å²) in [5, 5.41) is 9.34. The Morgan fingerprint density at radius 1 is 0.306 bits per heavy atom. The van der Waals surface area contributed by atoms with E-state index in [1.807, 2.05) is 36.4 Å². The molecule has 228 valence electrons. The average Bonchev–Trinajstić information content (AvgIpc) is 3.57. The summed E-state index contributed by atoms with van der Waals surface area (Å²) < 4.78 is 6.25. The molecule has 0 fully saturated rings. The molecule has 0 N–H and O–H groups in total. The number of hydrogen-bond acceptors (Lipinski definition) is 4. The van der Waals surface area contributed by atoms with Crippen LogP contribution in [0.3, 0.4) is 0 Å². The second-order valence-corrected chi connectivity index (χ2v) is 12.4. The molecule has 0 atom stereocenters. The van der Waals surface area contributed by atoms with Crippen molar-refractivity contribution in [3.63, 3.8) is 0 Å². The Morgan fingerprint density at radius 2 is 0.796 bits per heavy atom. The van der Waals surface area contributed by atoms with Gasteiger partial charge in [0, 0.05) is 27.5 Å². The van der Waals surface area contributed by atoms with E-state index in [4.69, 9.17) is 19.4 Å². The largest absolute Gasteiger partial charge is 0.456 e. The van der Waals surface area contributed by atoms with Crippen LogP contribution in [-0.4, -0.2) is 15.0 Å². The lowest BCUT2D eigenvalue weighted by atomic mass is 9.93. The smallest absolute Gasteiger partial charge is 0.164 e. The first-order chi connectivity index (χ1) is 24.3. The maximum atomic E-state index is 6.25. The van der Waals surface area contributed by atoms with Crippen molar-refractivity contribution in [1.82, 2.24) is 15.0 Å². The minimum absolute atomic E-state index is 0.604. The van der Waals surface area contributed by atoms with Crippen LogP contribution in [0.1, 0.15) is 0 Å². The lowest BCUT2D eigenvalue weighted by Crippen LogP contribution is -2.00. The van der Waals surface area contributed by atoms with Gasteiger partial charge in [-0.15, -0.1) is 0 Å². The summed E-state index contributed by atoms with van der Waals surface area (Å²) >= 11 is 0. The van der Waals surface area contributed by atoms with Crippen LogP contribution in [0.4, 0.5) is 0 Å². The summed E-state index contributed by atoms with van der Waals surface area (Å²) in [6, 6.07) is 56.9. The van der Waals surface area contributed by atoms with E-state index in [9.17, 15) is 0 Å². The summed E-state index contributed by atoms with van der Waals surface area (Å²) in [7, 11) is 0. The topological polar surface area (TPSA) is 51.8 Å². The van der Waals surface area contributed by atoms with Crippen molar-refractivity contribution in [3.8, 4) is 45.3 Å². The minimum Gasteiger partial charge on any atom is -0.456 e. The molecule has 0 aliphatic heterocycles. The Balaban J connectivity index is 1.21. The number of fused-ring (bicyclic) bond motifs is 9. The van der Waals surface area contributed by atoms with Crippen molar-refractivity contribution in [2.75, 3.05) is 0 Å². The molecule has 0 aliphatic rings. The van der Waals surface area contributed by atoms with Crippen LogP contribution in [0.5, 0.6) is 0 Å². The zero-order chi connectivity index (χ0) is 32.3. The molecule has 0 saturated carbocycles. The zero-order valence-electron chi connectivity index (χ0n) is 26.3. The van der Waals surface area contributed by atoms with Crippen LogP contribution in [0, 0.1) is 0 Å². The molecule has 0 bridgehead atoms. The van der Waals surface area contributed by atoms with Gasteiger partial charge >= 0.3 is 0 Å². The Kier molecular flexibility index (Phi) is 6.15. The van der Waals surface area contributed by atoms with Crippen LogP contribution in [0.2, 0.25) is 0 Å². The molecule has 0 spiro atoms. The molecular formula is C45H27N3O. The third-order valence-corrected chi connectivity index (χ3v) is 9.53. The van der Waals surface area contributed by atoms with Crippen molar-refractivity contribution in [2.45, 2.75) is 0 Å². The SMILES string of the molecule is c1ccc(-c2ccc(-c3nc(-c4ccc5c6ccccc6c6ccccc6c5c4)nc(-c4cccc5oc6ccccc6c45)n3)cc2)cc1. The number of furan rings is 1. The maximum absolute atomic E-state index is 6.25. The highest BCUT2D eigenvalue weighted by atomic mass is 16.3. The van der Waals surface area contributed by atoms with Crippen molar-refractivity contribution in [1.29, 1.82) is 0 Å². The molecule has 0 amide bonds. The molecular weight excluding hydrogens is 599 g/mol. The van der Waals surface area contributed by atoms with Gasteiger partial charge in [-0.25, -0.2) is 15.0 Å². The van der Waals surface area contributed by atoms with E-state index in [-0.39, 0.29) is 0 Å². The van der Waals surface area contributed by atoms with E-state index in [1.165, 1.54) is 37.9 Å². The monoisotopic (exact) mass is 625 g/mol. The Hall–Kier alpha value is -6.65. The molecule has 4 heteroatoms. The van der Waals surface area contributed by atoms with Crippen LogP contribution < -0.4 is 0 Å². The predicted molar refractivity (Wildman–Crippen MR) is 201 cm³/mol. The molecule has 0 saturated heterocycles. The molecule has 10 aromatic rings. The van der Waals surface area contributed by atoms with Crippen molar-refractivity contribution >= 4 is 54.3 Å². The van der Waals surface area contributed by atoms with Crippen molar-refractivity contribution < 1.29 is 4.42 Å². The number of nitrogens with zero attached hydrogens (tertiary/aromatic N) is 3. The normalized spacial score (nSPS) is 11.7. The summed E-state index contributed by atoms with van der Waals surface area (Å²) in [5.74, 6) is 1.84. The molecule has 2 heterocycles. The summed E-state index contributed by atoms with van der Waals surface area (Å²) in [5.41, 5.74) is 6.71. The first-order valence-electron chi connectivity index (χ1n) is 16.4. The molecule has 49 heavy (non-hydrogen) atoms. The van der Waals surface area contributed by atoms with Gasteiger partial charge in [0.05, 0.1) is 0 Å². The van der Waals surface area contributed by atoms with Gasteiger partial charge in [-0.05, 0) is 61.6 Å². The van der Waals surface area contributed by atoms with E-state index in [1.54, 1.807) is 0 Å². The summed E-state index contributed by atoms with van der Waals surface area (Å²) in [4.78, 5) is 15.4. The first kappa shape index (κ1) is 27.5. The van der Waals surface area contributed by atoms with Gasteiger partial charge in [-0.3, -0.25) is 0 Å². The zero-order valence-corrected chi connectivity index (χ0v) is 26.3. The van der Waals surface area contributed by atoms with Crippen LogP contribution in [0.25, 0.3) is 99.5 Å². The maximum Gasteiger partial charge on any atom is 0.164 e. The van der Waals surface area contributed by atoms with Crippen LogP contribution in [-0.2, 0) is 0 Å². The number of rotatable bonds is 4. The van der Waals surface area contributed by atoms with Gasteiger partial charge < -0.3 is 4.42 Å². The van der Waals surface area contributed by atoms with Crippen molar-refractivity contribution in [2.24, 2.45) is 0 Å². The Labute approximate surface area is 282 Å². The molecule has 4 nitrogen and oxygen atoms in total. The van der Waals surface area contributed by atoms with Crippen LogP contribution >= 0.6 is 0 Å². The Bertz CT molecular complexity index is 2840. The van der Waals surface area contributed by atoms with E-state index in [0.717, 1.165) is 44.2 Å². The highest BCUT2D eigenvalue weighted by Gasteiger charge is 2.18. The molecule has 10 rings (SSSR count). The fraction of sp³-hybridized carbons (Fsp3) is 0. The predicted octanol–water partition coefficient (Wildman–Crippen LogP) is 11.9. The fourth-order valence-electron chi connectivity index (χ4n) is 7.20. The molecule has 0 unspecified atom stereocenters. The van der Waals surface area contributed by atoms with E-state index in [2.05, 4.69) is 127 Å². The number of hydrogen-bond donors (Lipinski definition) is 0. The summed E-state index contributed by atoms with van der Waals surface area (Å²) in [6.45, 7) is 0. The number of para-hydroxylation sites is 1. The van der Waals surface area contributed by atoms with Gasteiger partial charge in [0.2, 0.25) is 0 Å². The average molecular weight is 626 g/mol. The molecule has 2 aromatic heterocycles. The molecule has 0 aliphatic carbocycles. The quantitative estimate of drug-likeness (QED) is 0.183. The van der Waals surface area contributed by atoms with Gasteiger partial charge in [0.15, 0.2) is 17.5 Å². The van der Waals surface area contributed by atoms with Crippen molar-refractivity contribution in [3.05, 3.63) is 164 Å². The first-order valence-corrected chi connectivity index (χ1v) is 16.4. The number of aromatic nitrogens is 3. The van der Waals surface area contributed by atoms with Gasteiger partial charge in [0.25, 0.3) is 0 Å². The number of benzene rings is 8. The van der Waals surface area contributed by atoms with Crippen LogP contribution in [0.15, 0.2) is 168 Å². The summed E-state index contributed by atoms with van der Waals surface area (Å²) in [6.07, 6.45) is 0. The second-order valence-electron chi connectivity index (χ2n) is 12.4. The fourth-order valence-corrected chi connectivity index (χ4v) is 7.20. The standard InChI is InChI=1S/C45H27N3O/c1-2-11-28(12-3-1)29-21-23-30(24-22-29)43-46-44(48-45(47-43)38-18-10-20-41-42(38)37-17-8-9-19-40(37)49-41)31-25-26-36-34-15-5-4-13-32(34)33-14-6-7-16-35(33)39(36)27-31/h1-27H. The second kappa shape index (κ2) is 11.0.